The number of rotatable bonds is 4. The van der Waals surface area contributed by atoms with Gasteiger partial charge < -0.3 is 19.5 Å². The molecule has 2 aliphatic rings. The number of carbonyl (C=O) groups excluding carboxylic acids is 1. The number of ether oxygens (including phenoxy) is 3. The van der Waals surface area contributed by atoms with Crippen molar-refractivity contribution >= 4 is 21.8 Å². The number of carbonyl (C=O) groups is 1. The van der Waals surface area contributed by atoms with E-state index in [4.69, 9.17) is 14.2 Å². The van der Waals surface area contributed by atoms with Crippen molar-refractivity contribution < 1.29 is 19.0 Å². The minimum Gasteiger partial charge on any atom is -0.493 e. The summed E-state index contributed by atoms with van der Waals surface area (Å²) in [6.45, 7) is 4.62. The molecule has 0 radical (unpaired) electrons. The molecule has 0 bridgehead atoms. The Bertz CT molecular complexity index is 880. The standard InChI is InChI=1S/C21H22BrNO4/c1-21(2)11-13-4-3-5-18(20(13)27-21)26-12-19(24)23-16-8-9-25-17-7-6-14(22)10-15(16)17/h3-7,10,16H,8-9,11-12H2,1-2H3,(H,23,24). The van der Waals surface area contributed by atoms with Gasteiger partial charge in [0.15, 0.2) is 18.1 Å². The second-order valence-electron chi connectivity index (χ2n) is 7.51. The van der Waals surface area contributed by atoms with E-state index in [1.807, 2.05) is 50.2 Å². The first-order valence-electron chi connectivity index (χ1n) is 9.07. The summed E-state index contributed by atoms with van der Waals surface area (Å²) in [7, 11) is 0. The van der Waals surface area contributed by atoms with E-state index in [9.17, 15) is 4.79 Å². The predicted octanol–water partition coefficient (Wildman–Crippen LogP) is 4.18. The molecule has 2 aromatic carbocycles. The molecule has 0 aliphatic carbocycles. The third-order valence-electron chi connectivity index (χ3n) is 4.76. The molecule has 6 heteroatoms. The van der Waals surface area contributed by atoms with Crippen LogP contribution in [0.3, 0.4) is 0 Å². The molecule has 0 fully saturated rings. The number of nitrogens with one attached hydrogen (secondary N) is 1. The van der Waals surface area contributed by atoms with Gasteiger partial charge in [0, 0.05) is 28.4 Å². The summed E-state index contributed by atoms with van der Waals surface area (Å²) in [5, 5.41) is 3.05. The van der Waals surface area contributed by atoms with Gasteiger partial charge in [-0.1, -0.05) is 28.1 Å². The van der Waals surface area contributed by atoms with Crippen molar-refractivity contribution in [3.8, 4) is 17.2 Å². The molecule has 0 spiro atoms. The van der Waals surface area contributed by atoms with E-state index in [1.165, 1.54) is 0 Å². The zero-order chi connectivity index (χ0) is 19.0. The number of para-hydroxylation sites is 1. The van der Waals surface area contributed by atoms with Crippen LogP contribution >= 0.6 is 15.9 Å². The monoisotopic (exact) mass is 431 g/mol. The lowest BCUT2D eigenvalue weighted by Gasteiger charge is -2.27. The number of fused-ring (bicyclic) bond motifs is 2. The SMILES string of the molecule is CC1(C)Cc2cccc(OCC(=O)NC3CCOc4ccc(Br)cc43)c2O1. The Hall–Kier alpha value is -2.21. The molecule has 5 nitrogen and oxygen atoms in total. The van der Waals surface area contributed by atoms with Crippen LogP contribution in [-0.2, 0) is 11.2 Å². The van der Waals surface area contributed by atoms with E-state index >= 15 is 0 Å². The molecule has 1 unspecified atom stereocenters. The molecule has 0 saturated heterocycles. The minimum atomic E-state index is -0.247. The maximum atomic E-state index is 12.5. The molecule has 142 valence electrons. The normalized spacial score (nSPS) is 19.3. The van der Waals surface area contributed by atoms with Gasteiger partial charge >= 0.3 is 0 Å². The summed E-state index contributed by atoms with van der Waals surface area (Å²) in [6, 6.07) is 11.6. The van der Waals surface area contributed by atoms with Crippen LogP contribution in [0.5, 0.6) is 17.2 Å². The Morgan fingerprint density at radius 1 is 1.33 bits per heavy atom. The van der Waals surface area contributed by atoms with Crippen molar-refractivity contribution in [2.45, 2.75) is 38.3 Å². The quantitative estimate of drug-likeness (QED) is 0.788. The van der Waals surface area contributed by atoms with Gasteiger partial charge in [-0.25, -0.2) is 0 Å². The second-order valence-corrected chi connectivity index (χ2v) is 8.43. The minimum absolute atomic E-state index is 0.0546. The molecule has 1 atom stereocenters. The Labute approximate surface area is 167 Å². The lowest BCUT2D eigenvalue weighted by atomic mass is 10.0. The van der Waals surface area contributed by atoms with E-state index in [2.05, 4.69) is 21.2 Å². The summed E-state index contributed by atoms with van der Waals surface area (Å²) >= 11 is 3.48. The van der Waals surface area contributed by atoms with E-state index in [-0.39, 0.29) is 24.2 Å². The van der Waals surface area contributed by atoms with Crippen LogP contribution in [0.25, 0.3) is 0 Å². The Morgan fingerprint density at radius 3 is 3.04 bits per heavy atom. The molecular formula is C21H22BrNO4. The van der Waals surface area contributed by atoms with Gasteiger partial charge in [0.2, 0.25) is 0 Å². The van der Waals surface area contributed by atoms with Crippen LogP contribution in [0, 0.1) is 0 Å². The molecule has 2 aromatic rings. The van der Waals surface area contributed by atoms with Crippen LogP contribution in [0.1, 0.15) is 37.4 Å². The highest BCUT2D eigenvalue weighted by Gasteiger charge is 2.32. The lowest BCUT2D eigenvalue weighted by molar-refractivity contribution is -0.124. The molecule has 27 heavy (non-hydrogen) atoms. The maximum absolute atomic E-state index is 12.5. The highest BCUT2D eigenvalue weighted by molar-refractivity contribution is 9.10. The Balaban J connectivity index is 1.41. The van der Waals surface area contributed by atoms with Gasteiger partial charge in [0.25, 0.3) is 5.91 Å². The second kappa shape index (κ2) is 7.08. The summed E-state index contributed by atoms with van der Waals surface area (Å²) in [4.78, 5) is 12.5. The summed E-state index contributed by atoms with van der Waals surface area (Å²) in [5.74, 6) is 2.01. The highest BCUT2D eigenvalue weighted by Crippen LogP contribution is 2.41. The molecule has 0 aromatic heterocycles. The fraction of sp³-hybridized carbons (Fsp3) is 0.381. The third-order valence-corrected chi connectivity index (χ3v) is 5.25. The molecular weight excluding hydrogens is 410 g/mol. The molecule has 2 aliphatic heterocycles. The highest BCUT2D eigenvalue weighted by atomic mass is 79.9. The fourth-order valence-electron chi connectivity index (χ4n) is 3.60. The van der Waals surface area contributed by atoms with E-state index in [1.54, 1.807) is 0 Å². The number of hydrogen-bond donors (Lipinski definition) is 1. The zero-order valence-electron chi connectivity index (χ0n) is 15.4. The number of amides is 1. The largest absolute Gasteiger partial charge is 0.493 e. The van der Waals surface area contributed by atoms with Gasteiger partial charge in [-0.3, -0.25) is 4.79 Å². The smallest absolute Gasteiger partial charge is 0.258 e. The van der Waals surface area contributed by atoms with Crippen LogP contribution in [0.15, 0.2) is 40.9 Å². The van der Waals surface area contributed by atoms with Gasteiger partial charge in [0.05, 0.1) is 12.6 Å². The van der Waals surface area contributed by atoms with E-state index < -0.39 is 0 Å². The number of hydrogen-bond acceptors (Lipinski definition) is 4. The third kappa shape index (κ3) is 3.90. The molecule has 1 amide bonds. The van der Waals surface area contributed by atoms with Crippen LogP contribution in [0.4, 0.5) is 0 Å². The van der Waals surface area contributed by atoms with Crippen LogP contribution in [0.2, 0.25) is 0 Å². The van der Waals surface area contributed by atoms with Crippen LogP contribution in [-0.4, -0.2) is 24.7 Å². The van der Waals surface area contributed by atoms with Gasteiger partial charge in [-0.2, -0.15) is 0 Å². The average molecular weight is 432 g/mol. The van der Waals surface area contributed by atoms with Crippen molar-refractivity contribution in [2.75, 3.05) is 13.2 Å². The lowest BCUT2D eigenvalue weighted by Crippen LogP contribution is -2.35. The first kappa shape index (κ1) is 18.2. The van der Waals surface area contributed by atoms with Gasteiger partial charge in [-0.15, -0.1) is 0 Å². The molecule has 1 N–H and O–H groups in total. The Morgan fingerprint density at radius 2 is 2.19 bits per heavy atom. The van der Waals surface area contributed by atoms with Crippen molar-refractivity contribution in [2.24, 2.45) is 0 Å². The average Bonchev–Trinajstić information content (AvgIpc) is 2.95. The van der Waals surface area contributed by atoms with Crippen molar-refractivity contribution in [3.63, 3.8) is 0 Å². The topological polar surface area (TPSA) is 56.8 Å². The first-order chi connectivity index (χ1) is 12.9. The molecule has 2 heterocycles. The van der Waals surface area contributed by atoms with E-state index in [0.29, 0.717) is 12.4 Å². The van der Waals surface area contributed by atoms with Crippen molar-refractivity contribution in [1.29, 1.82) is 0 Å². The van der Waals surface area contributed by atoms with E-state index in [0.717, 1.165) is 39.9 Å². The summed E-state index contributed by atoms with van der Waals surface area (Å²) < 4.78 is 18.4. The number of halogens is 1. The molecule has 0 saturated carbocycles. The summed E-state index contributed by atoms with van der Waals surface area (Å²) in [6.07, 6.45) is 1.56. The first-order valence-corrected chi connectivity index (χ1v) is 9.86. The number of benzene rings is 2. The fourth-order valence-corrected chi connectivity index (χ4v) is 3.97. The van der Waals surface area contributed by atoms with Crippen molar-refractivity contribution in [1.82, 2.24) is 5.32 Å². The van der Waals surface area contributed by atoms with Gasteiger partial charge in [0.1, 0.15) is 11.4 Å². The predicted molar refractivity (Wildman–Crippen MR) is 105 cm³/mol. The zero-order valence-corrected chi connectivity index (χ0v) is 17.0. The maximum Gasteiger partial charge on any atom is 0.258 e. The molecule has 4 rings (SSSR count). The van der Waals surface area contributed by atoms with Crippen molar-refractivity contribution in [3.05, 3.63) is 52.0 Å². The van der Waals surface area contributed by atoms with Gasteiger partial charge in [-0.05, 0) is 38.1 Å². The Kier molecular flexibility index (Phi) is 4.76. The summed E-state index contributed by atoms with van der Waals surface area (Å²) in [5.41, 5.74) is 1.85. The van der Waals surface area contributed by atoms with Crippen LogP contribution < -0.4 is 19.5 Å².